The molecular weight excluding hydrogens is 340 g/mol. The first-order valence-corrected chi connectivity index (χ1v) is 8.68. The summed E-state index contributed by atoms with van der Waals surface area (Å²) in [6, 6.07) is 14.3. The molecule has 2 aromatic carbocycles. The van der Waals surface area contributed by atoms with E-state index in [-0.39, 0.29) is 11.6 Å². The molecule has 3 rings (SSSR count). The monoisotopic (exact) mass is 358 g/mol. The molecule has 0 aromatic heterocycles. The largest absolute Gasteiger partial charge is 0.396 e. The van der Waals surface area contributed by atoms with Gasteiger partial charge >= 0.3 is 0 Å². The van der Waals surface area contributed by atoms with Gasteiger partial charge in [0.25, 0.3) is 5.69 Å². The molecule has 0 bridgehead atoms. The van der Waals surface area contributed by atoms with Gasteiger partial charge in [-0.05, 0) is 48.6 Å². The first-order valence-electron chi connectivity index (χ1n) is 8.30. The minimum absolute atomic E-state index is 0.0719. The number of hydrogen-bond acceptors (Lipinski definition) is 4. The molecule has 2 atom stereocenters. The van der Waals surface area contributed by atoms with Crippen molar-refractivity contribution in [1.82, 2.24) is 0 Å². The SMILES string of the molecule is CCCO/N=C(/c1ccc([N+](=O)[O-])cc1)[C@@H]1C[C@H]1c1ccc(Cl)cc1. The molecule has 1 fully saturated rings. The molecular formula is C19H19ClN2O3. The van der Waals surface area contributed by atoms with Crippen molar-refractivity contribution < 1.29 is 9.76 Å². The molecule has 1 saturated carbocycles. The van der Waals surface area contributed by atoms with Crippen LogP contribution < -0.4 is 0 Å². The predicted octanol–water partition coefficient (Wildman–Crippen LogP) is 5.18. The summed E-state index contributed by atoms with van der Waals surface area (Å²) in [6.07, 6.45) is 1.86. The van der Waals surface area contributed by atoms with Crippen molar-refractivity contribution in [1.29, 1.82) is 0 Å². The fourth-order valence-electron chi connectivity index (χ4n) is 2.87. The summed E-state index contributed by atoms with van der Waals surface area (Å²) in [5.74, 6) is 0.621. The number of rotatable bonds is 7. The van der Waals surface area contributed by atoms with Gasteiger partial charge in [0.2, 0.25) is 0 Å². The van der Waals surface area contributed by atoms with E-state index in [2.05, 4.69) is 5.16 Å². The summed E-state index contributed by atoms with van der Waals surface area (Å²) in [6.45, 7) is 2.57. The highest BCUT2D eigenvalue weighted by Crippen LogP contribution is 2.49. The van der Waals surface area contributed by atoms with Crippen LogP contribution in [0.1, 0.15) is 36.8 Å². The second-order valence-corrected chi connectivity index (χ2v) is 6.55. The quantitative estimate of drug-likeness (QED) is 0.296. The Bertz CT molecular complexity index is 772. The lowest BCUT2D eigenvalue weighted by molar-refractivity contribution is -0.384. The van der Waals surface area contributed by atoms with Crippen LogP contribution in [0.5, 0.6) is 0 Å². The summed E-state index contributed by atoms with van der Waals surface area (Å²) in [4.78, 5) is 15.9. The van der Waals surface area contributed by atoms with Gasteiger partial charge in [-0.3, -0.25) is 10.1 Å². The van der Waals surface area contributed by atoms with Gasteiger partial charge in [0.1, 0.15) is 6.61 Å². The third kappa shape index (κ3) is 4.17. The minimum atomic E-state index is -0.401. The highest BCUT2D eigenvalue weighted by Gasteiger charge is 2.43. The van der Waals surface area contributed by atoms with Crippen molar-refractivity contribution >= 4 is 23.0 Å². The van der Waals surface area contributed by atoms with E-state index >= 15 is 0 Å². The van der Waals surface area contributed by atoms with Gasteiger partial charge in [-0.25, -0.2) is 0 Å². The molecule has 0 N–H and O–H groups in total. The highest BCUT2D eigenvalue weighted by atomic mass is 35.5. The van der Waals surface area contributed by atoms with Crippen molar-refractivity contribution in [3.05, 3.63) is 74.8 Å². The Kier molecular flexibility index (Phi) is 5.34. The van der Waals surface area contributed by atoms with Gasteiger partial charge in [-0.15, -0.1) is 0 Å². The molecule has 0 amide bonds. The van der Waals surface area contributed by atoms with Crippen molar-refractivity contribution in [3.8, 4) is 0 Å². The number of oxime groups is 1. The van der Waals surface area contributed by atoms with E-state index in [4.69, 9.17) is 16.4 Å². The van der Waals surface area contributed by atoms with Gasteiger partial charge in [0, 0.05) is 28.6 Å². The maximum absolute atomic E-state index is 10.8. The lowest BCUT2D eigenvalue weighted by Crippen LogP contribution is -2.07. The molecule has 1 aliphatic rings. The van der Waals surface area contributed by atoms with Gasteiger partial charge in [-0.2, -0.15) is 0 Å². The summed E-state index contributed by atoms with van der Waals surface area (Å²) in [5, 5.41) is 15.9. The van der Waals surface area contributed by atoms with Crippen molar-refractivity contribution in [3.63, 3.8) is 0 Å². The number of nitro benzene ring substituents is 1. The van der Waals surface area contributed by atoms with E-state index in [1.165, 1.54) is 17.7 Å². The van der Waals surface area contributed by atoms with E-state index in [0.717, 1.165) is 29.1 Å². The van der Waals surface area contributed by atoms with E-state index in [1.807, 2.05) is 31.2 Å². The third-order valence-corrected chi connectivity index (χ3v) is 4.52. The fourth-order valence-corrected chi connectivity index (χ4v) is 3.00. The second-order valence-electron chi connectivity index (χ2n) is 6.11. The molecule has 0 aliphatic heterocycles. The second kappa shape index (κ2) is 7.66. The van der Waals surface area contributed by atoms with Crippen LogP contribution in [-0.2, 0) is 4.84 Å². The van der Waals surface area contributed by atoms with E-state index in [9.17, 15) is 10.1 Å². The first kappa shape index (κ1) is 17.4. The summed E-state index contributed by atoms with van der Waals surface area (Å²) >= 11 is 5.96. The van der Waals surface area contributed by atoms with Crippen LogP contribution in [0, 0.1) is 16.0 Å². The molecule has 0 radical (unpaired) electrons. The lowest BCUT2D eigenvalue weighted by Gasteiger charge is -2.07. The van der Waals surface area contributed by atoms with Crippen molar-refractivity contribution in [2.75, 3.05) is 6.61 Å². The van der Waals surface area contributed by atoms with E-state index < -0.39 is 4.92 Å². The van der Waals surface area contributed by atoms with Crippen LogP contribution in [0.3, 0.4) is 0 Å². The van der Waals surface area contributed by atoms with Crippen LogP contribution in [-0.4, -0.2) is 17.2 Å². The van der Waals surface area contributed by atoms with Crippen LogP contribution in [0.2, 0.25) is 5.02 Å². The predicted molar refractivity (Wildman–Crippen MR) is 98.2 cm³/mol. The summed E-state index contributed by atoms with van der Waals surface area (Å²) in [5.41, 5.74) is 3.01. The maximum Gasteiger partial charge on any atom is 0.269 e. The van der Waals surface area contributed by atoms with Crippen molar-refractivity contribution in [2.45, 2.75) is 25.7 Å². The number of halogens is 1. The van der Waals surface area contributed by atoms with Gasteiger partial charge in [0.05, 0.1) is 10.6 Å². The number of benzene rings is 2. The minimum Gasteiger partial charge on any atom is -0.396 e. The van der Waals surface area contributed by atoms with Gasteiger partial charge in [0.15, 0.2) is 0 Å². The molecule has 130 valence electrons. The zero-order chi connectivity index (χ0) is 17.8. The number of non-ortho nitro benzene ring substituents is 1. The maximum atomic E-state index is 10.8. The summed E-state index contributed by atoms with van der Waals surface area (Å²) in [7, 11) is 0. The molecule has 5 nitrogen and oxygen atoms in total. The molecule has 0 heterocycles. The zero-order valence-corrected chi connectivity index (χ0v) is 14.6. The Hall–Kier alpha value is -2.40. The Balaban J connectivity index is 1.82. The third-order valence-electron chi connectivity index (χ3n) is 4.27. The topological polar surface area (TPSA) is 64.7 Å². The smallest absolute Gasteiger partial charge is 0.269 e. The lowest BCUT2D eigenvalue weighted by atomic mass is 10.0. The van der Waals surface area contributed by atoms with Crippen LogP contribution in [0.25, 0.3) is 0 Å². The number of nitro groups is 1. The molecule has 25 heavy (non-hydrogen) atoms. The Labute approximate surface area is 151 Å². The number of hydrogen-bond donors (Lipinski definition) is 0. The molecule has 0 unspecified atom stereocenters. The van der Waals surface area contributed by atoms with Gasteiger partial charge < -0.3 is 4.84 Å². The molecule has 1 aliphatic carbocycles. The zero-order valence-electron chi connectivity index (χ0n) is 13.9. The first-order chi connectivity index (χ1) is 12.1. The van der Waals surface area contributed by atoms with E-state index in [0.29, 0.717) is 12.5 Å². The Morgan fingerprint density at radius 2 is 1.92 bits per heavy atom. The van der Waals surface area contributed by atoms with Crippen molar-refractivity contribution in [2.24, 2.45) is 11.1 Å². The average molecular weight is 359 g/mol. The molecule has 0 saturated heterocycles. The summed E-state index contributed by atoms with van der Waals surface area (Å²) < 4.78 is 0. The van der Waals surface area contributed by atoms with Gasteiger partial charge in [-0.1, -0.05) is 35.8 Å². The molecule has 0 spiro atoms. The van der Waals surface area contributed by atoms with E-state index in [1.54, 1.807) is 12.1 Å². The highest BCUT2D eigenvalue weighted by molar-refractivity contribution is 6.30. The Morgan fingerprint density at radius 1 is 1.24 bits per heavy atom. The van der Waals surface area contributed by atoms with Crippen LogP contribution in [0.4, 0.5) is 5.69 Å². The van der Waals surface area contributed by atoms with Crippen LogP contribution in [0.15, 0.2) is 53.7 Å². The standard InChI is InChI=1S/C19H19ClN2O3/c1-2-11-25-21-19(14-5-9-16(10-6-14)22(23)24)18-12-17(18)13-3-7-15(20)8-4-13/h3-10,17-18H,2,11-12H2,1H3/b21-19-/t17-,18+/m0/s1. The fraction of sp³-hybridized carbons (Fsp3) is 0.316. The average Bonchev–Trinajstić information content (AvgIpc) is 3.40. The Morgan fingerprint density at radius 3 is 2.52 bits per heavy atom. The number of nitrogens with zero attached hydrogens (tertiary/aromatic N) is 2. The molecule has 2 aromatic rings. The molecule has 6 heteroatoms. The van der Waals surface area contributed by atoms with Crippen LogP contribution >= 0.6 is 11.6 Å². The normalized spacial score (nSPS) is 19.5.